The van der Waals surface area contributed by atoms with Crippen LogP contribution < -0.4 is 0 Å². The molecular formula is C17H30O4. The second-order valence-corrected chi connectivity index (χ2v) is 7.58. The molecular weight excluding hydrogens is 268 g/mol. The number of ether oxygens (including phenoxy) is 1. The third-order valence-corrected chi connectivity index (χ3v) is 6.13. The minimum absolute atomic E-state index is 0.114. The van der Waals surface area contributed by atoms with E-state index >= 15 is 0 Å². The number of aliphatic hydroxyl groups excluding tert-OH is 2. The third-order valence-electron chi connectivity index (χ3n) is 6.13. The zero-order chi connectivity index (χ0) is 15.8. The van der Waals surface area contributed by atoms with Crippen molar-refractivity contribution < 1.29 is 19.7 Å². The Hall–Kier alpha value is -0.610. The molecule has 0 bridgehead atoms. The molecule has 2 aliphatic rings. The molecule has 0 amide bonds. The van der Waals surface area contributed by atoms with E-state index in [4.69, 9.17) is 4.74 Å². The van der Waals surface area contributed by atoms with Crippen molar-refractivity contribution in [2.45, 2.75) is 65.6 Å². The van der Waals surface area contributed by atoms with Gasteiger partial charge in [0.15, 0.2) is 0 Å². The first-order valence-electron chi connectivity index (χ1n) is 8.26. The van der Waals surface area contributed by atoms with Crippen LogP contribution in [-0.4, -0.2) is 35.0 Å². The number of carbonyl (C=O) groups is 1. The maximum absolute atomic E-state index is 11.6. The highest BCUT2D eigenvalue weighted by Gasteiger charge is 2.54. The monoisotopic (exact) mass is 298 g/mol. The third kappa shape index (κ3) is 3.11. The van der Waals surface area contributed by atoms with E-state index in [9.17, 15) is 15.0 Å². The molecule has 2 aliphatic carbocycles. The van der Waals surface area contributed by atoms with Crippen molar-refractivity contribution in [2.75, 3.05) is 6.61 Å². The van der Waals surface area contributed by atoms with Crippen molar-refractivity contribution in [2.24, 2.45) is 29.1 Å². The van der Waals surface area contributed by atoms with Crippen molar-refractivity contribution in [3.63, 3.8) is 0 Å². The van der Waals surface area contributed by atoms with Crippen LogP contribution in [0.2, 0.25) is 0 Å². The first-order chi connectivity index (χ1) is 9.80. The van der Waals surface area contributed by atoms with E-state index in [0.29, 0.717) is 0 Å². The van der Waals surface area contributed by atoms with Gasteiger partial charge < -0.3 is 14.9 Å². The summed E-state index contributed by atoms with van der Waals surface area (Å²) >= 11 is 0. The lowest BCUT2D eigenvalue weighted by molar-refractivity contribution is -0.183. The van der Waals surface area contributed by atoms with Crippen LogP contribution in [0.3, 0.4) is 0 Å². The van der Waals surface area contributed by atoms with Crippen molar-refractivity contribution in [1.82, 2.24) is 0 Å². The van der Waals surface area contributed by atoms with Gasteiger partial charge in [0.1, 0.15) is 6.10 Å². The van der Waals surface area contributed by atoms with Gasteiger partial charge in [0, 0.05) is 25.4 Å². The molecule has 0 aromatic rings. The number of rotatable bonds is 3. The summed E-state index contributed by atoms with van der Waals surface area (Å²) in [6.07, 6.45) is 3.39. The Morgan fingerprint density at radius 2 is 2.00 bits per heavy atom. The molecule has 0 aromatic heterocycles. The number of hydrogen-bond acceptors (Lipinski definition) is 4. The van der Waals surface area contributed by atoms with Crippen LogP contribution in [-0.2, 0) is 9.53 Å². The SMILES string of the molecule is CC(=O)O[C@H]1[C@H]([C@H](C)CO)CC[C@@]2(C)CC[C@H](O)[C@H](C)[C@H]12. The van der Waals surface area contributed by atoms with Gasteiger partial charge in [-0.15, -0.1) is 0 Å². The topological polar surface area (TPSA) is 66.8 Å². The number of hydrogen-bond donors (Lipinski definition) is 2. The van der Waals surface area contributed by atoms with Gasteiger partial charge in [-0.1, -0.05) is 20.8 Å². The molecule has 7 atom stereocenters. The molecule has 0 heterocycles. The number of esters is 1. The summed E-state index contributed by atoms with van der Waals surface area (Å²) in [5.41, 5.74) is 0.129. The van der Waals surface area contributed by atoms with Crippen molar-refractivity contribution in [3.05, 3.63) is 0 Å². The molecule has 2 N–H and O–H groups in total. The molecule has 4 heteroatoms. The van der Waals surface area contributed by atoms with E-state index in [-0.39, 0.29) is 53.9 Å². The highest BCUT2D eigenvalue weighted by molar-refractivity contribution is 5.66. The summed E-state index contributed by atoms with van der Waals surface area (Å²) < 4.78 is 5.72. The zero-order valence-corrected chi connectivity index (χ0v) is 13.7. The lowest BCUT2D eigenvalue weighted by Crippen LogP contribution is -2.56. The second-order valence-electron chi connectivity index (χ2n) is 7.58. The zero-order valence-electron chi connectivity index (χ0n) is 13.7. The van der Waals surface area contributed by atoms with Crippen LogP contribution in [0.4, 0.5) is 0 Å². The van der Waals surface area contributed by atoms with E-state index in [2.05, 4.69) is 13.8 Å². The molecule has 122 valence electrons. The molecule has 2 fully saturated rings. The first kappa shape index (κ1) is 16.8. The van der Waals surface area contributed by atoms with E-state index in [1.165, 1.54) is 6.92 Å². The fraction of sp³-hybridized carbons (Fsp3) is 0.941. The van der Waals surface area contributed by atoms with Crippen LogP contribution in [0, 0.1) is 29.1 Å². The van der Waals surface area contributed by atoms with E-state index < -0.39 is 0 Å². The fourth-order valence-corrected chi connectivity index (χ4v) is 4.79. The molecule has 2 saturated carbocycles. The molecule has 2 rings (SSSR count). The number of carbonyl (C=O) groups excluding carboxylic acids is 1. The van der Waals surface area contributed by atoms with Crippen LogP contribution in [0.1, 0.15) is 53.4 Å². The van der Waals surface area contributed by atoms with E-state index in [1.54, 1.807) is 0 Å². The minimum Gasteiger partial charge on any atom is -0.462 e. The molecule has 0 aromatic carbocycles. The van der Waals surface area contributed by atoms with Gasteiger partial charge in [0.25, 0.3) is 0 Å². The van der Waals surface area contributed by atoms with Crippen molar-refractivity contribution >= 4 is 5.97 Å². The lowest BCUT2D eigenvalue weighted by atomic mass is 9.52. The summed E-state index contributed by atoms with van der Waals surface area (Å²) in [7, 11) is 0. The van der Waals surface area contributed by atoms with Crippen LogP contribution in [0.15, 0.2) is 0 Å². The normalized spacial score (nSPS) is 44.8. The summed E-state index contributed by atoms with van der Waals surface area (Å²) in [6.45, 7) is 7.94. The average molecular weight is 298 g/mol. The quantitative estimate of drug-likeness (QED) is 0.785. The minimum atomic E-state index is -0.315. The number of fused-ring (bicyclic) bond motifs is 1. The molecule has 4 nitrogen and oxygen atoms in total. The Morgan fingerprint density at radius 1 is 1.38 bits per heavy atom. The first-order valence-corrected chi connectivity index (χ1v) is 8.26. The van der Waals surface area contributed by atoms with Gasteiger partial charge in [-0.05, 0) is 42.9 Å². The molecule has 0 saturated heterocycles. The second kappa shape index (κ2) is 6.25. The van der Waals surface area contributed by atoms with E-state index in [0.717, 1.165) is 25.7 Å². The van der Waals surface area contributed by atoms with Crippen LogP contribution in [0.25, 0.3) is 0 Å². The predicted octanol–water partition coefficient (Wildman–Crippen LogP) is 2.37. The van der Waals surface area contributed by atoms with E-state index in [1.807, 2.05) is 6.92 Å². The van der Waals surface area contributed by atoms with Crippen molar-refractivity contribution in [1.29, 1.82) is 0 Å². The lowest BCUT2D eigenvalue weighted by Gasteiger charge is -2.56. The highest BCUT2D eigenvalue weighted by atomic mass is 16.5. The summed E-state index contributed by atoms with van der Waals surface area (Å²) in [5, 5.41) is 19.8. The summed E-state index contributed by atoms with van der Waals surface area (Å²) in [4.78, 5) is 11.6. The highest BCUT2D eigenvalue weighted by Crippen LogP contribution is 2.55. The molecule has 0 radical (unpaired) electrons. The fourth-order valence-electron chi connectivity index (χ4n) is 4.79. The van der Waals surface area contributed by atoms with Gasteiger partial charge in [-0.2, -0.15) is 0 Å². The maximum Gasteiger partial charge on any atom is 0.302 e. The smallest absolute Gasteiger partial charge is 0.302 e. The van der Waals surface area contributed by atoms with Gasteiger partial charge in [-0.3, -0.25) is 4.79 Å². The standard InChI is InChI=1S/C17H30O4/c1-10(9-18)13-5-7-17(4)8-6-14(20)11(2)15(17)16(13)21-12(3)19/h10-11,13-16,18,20H,5-9H2,1-4H3/t10-,11+,13+,14+,15-,16+,17+/m1/s1. The Bertz CT molecular complexity index is 383. The van der Waals surface area contributed by atoms with Gasteiger partial charge >= 0.3 is 5.97 Å². The van der Waals surface area contributed by atoms with Crippen molar-refractivity contribution in [3.8, 4) is 0 Å². The van der Waals surface area contributed by atoms with Crippen LogP contribution in [0.5, 0.6) is 0 Å². The van der Waals surface area contributed by atoms with Gasteiger partial charge in [-0.25, -0.2) is 0 Å². The molecule has 0 aliphatic heterocycles. The summed E-state index contributed by atoms with van der Waals surface area (Å²) in [5.74, 6) is 0.348. The van der Waals surface area contributed by atoms with Gasteiger partial charge in [0.05, 0.1) is 6.10 Å². The molecule has 0 spiro atoms. The molecule has 0 unspecified atom stereocenters. The Labute approximate surface area is 127 Å². The number of aliphatic hydroxyl groups is 2. The Balaban J connectivity index is 2.33. The Kier molecular flexibility index (Phi) is 4.99. The largest absolute Gasteiger partial charge is 0.462 e. The average Bonchev–Trinajstić information content (AvgIpc) is 2.42. The summed E-state index contributed by atoms with van der Waals surface area (Å²) in [6, 6.07) is 0. The Morgan fingerprint density at radius 3 is 2.57 bits per heavy atom. The maximum atomic E-state index is 11.6. The predicted molar refractivity (Wildman–Crippen MR) is 80.5 cm³/mol. The molecule has 21 heavy (non-hydrogen) atoms. The van der Waals surface area contributed by atoms with Crippen LogP contribution >= 0.6 is 0 Å². The van der Waals surface area contributed by atoms with Gasteiger partial charge in [0.2, 0.25) is 0 Å².